The first-order valence-corrected chi connectivity index (χ1v) is 15.2. The molecule has 1 aliphatic heterocycles. The maximum atomic E-state index is 3.02. The highest BCUT2D eigenvalue weighted by Gasteiger charge is 2.49. The van der Waals surface area contributed by atoms with Crippen molar-refractivity contribution in [1.29, 1.82) is 0 Å². The van der Waals surface area contributed by atoms with Crippen molar-refractivity contribution in [3.8, 4) is 0 Å². The Balaban J connectivity index is 2.32. The first kappa shape index (κ1) is 18.4. The van der Waals surface area contributed by atoms with Crippen LogP contribution in [0, 0.1) is 0 Å². The van der Waals surface area contributed by atoms with Crippen LogP contribution in [0.15, 0.2) is 54.1 Å². The lowest BCUT2D eigenvalue weighted by Crippen LogP contribution is -2.59. The third kappa shape index (κ3) is 4.78. The molecule has 0 amide bonds. The zero-order valence-electron chi connectivity index (χ0n) is 15.8. The van der Waals surface area contributed by atoms with Gasteiger partial charge in [0.05, 0.1) is 0 Å². The molecule has 1 aliphatic rings. The van der Waals surface area contributed by atoms with Gasteiger partial charge in [-0.3, -0.25) is 0 Å². The highest BCUT2D eigenvalue weighted by molar-refractivity contribution is 6.95. The Kier molecular flexibility index (Phi) is 5.87. The van der Waals surface area contributed by atoms with Crippen molar-refractivity contribution < 1.29 is 0 Å². The molecule has 0 aliphatic carbocycles. The lowest BCUT2D eigenvalue weighted by molar-refractivity contribution is 0.519. The molecule has 1 atom stereocenters. The Morgan fingerprint density at radius 3 is 2.13 bits per heavy atom. The zero-order valence-corrected chi connectivity index (χ0v) is 17.8. The van der Waals surface area contributed by atoms with E-state index in [1.807, 2.05) is 0 Å². The second-order valence-corrected chi connectivity index (χ2v) is 18.0. The topological polar surface area (TPSA) is 3.24 Å². The number of allylic oxidation sites excluding steroid dienone is 3. The summed E-state index contributed by atoms with van der Waals surface area (Å²) in [6, 6.07) is 14.5. The van der Waals surface area contributed by atoms with Crippen molar-refractivity contribution >= 4 is 16.5 Å². The summed E-state index contributed by atoms with van der Waals surface area (Å²) in [5.74, 6) is 0. The minimum absolute atomic E-state index is 0.554. The molecular formula is C20H33NSi2. The SMILES string of the molecule is CC(C)=C/C=C/[C@H](Cc1ccccc1)N1[Si](C)(C)CC[Si]1(C)C. The van der Waals surface area contributed by atoms with Gasteiger partial charge in [-0.15, -0.1) is 0 Å². The molecule has 0 aromatic heterocycles. The molecule has 23 heavy (non-hydrogen) atoms. The summed E-state index contributed by atoms with van der Waals surface area (Å²) in [4.78, 5) is 0. The minimum atomic E-state index is -1.28. The fraction of sp³-hybridized carbons (Fsp3) is 0.500. The van der Waals surface area contributed by atoms with Gasteiger partial charge in [-0.2, -0.15) is 0 Å². The Bertz CT molecular complexity index is 553. The summed E-state index contributed by atoms with van der Waals surface area (Å²) in [5.41, 5.74) is 2.83. The molecule has 1 nitrogen and oxygen atoms in total. The molecule has 0 radical (unpaired) electrons. The van der Waals surface area contributed by atoms with Crippen LogP contribution < -0.4 is 0 Å². The summed E-state index contributed by atoms with van der Waals surface area (Å²) < 4.78 is 3.02. The molecule has 1 heterocycles. The van der Waals surface area contributed by atoms with Gasteiger partial charge in [0, 0.05) is 6.04 Å². The first-order chi connectivity index (χ1) is 10.7. The predicted molar refractivity (Wildman–Crippen MR) is 109 cm³/mol. The molecule has 0 spiro atoms. The third-order valence-corrected chi connectivity index (χ3v) is 15.4. The van der Waals surface area contributed by atoms with E-state index in [4.69, 9.17) is 0 Å². The van der Waals surface area contributed by atoms with Crippen molar-refractivity contribution in [2.45, 2.75) is 64.6 Å². The Morgan fingerprint density at radius 2 is 1.61 bits per heavy atom. The van der Waals surface area contributed by atoms with Crippen molar-refractivity contribution in [2.24, 2.45) is 0 Å². The van der Waals surface area contributed by atoms with E-state index in [1.165, 1.54) is 23.2 Å². The molecule has 1 saturated heterocycles. The molecule has 0 bridgehead atoms. The standard InChI is InChI=1S/C20H33NSi2/c1-18(2)11-10-14-20(17-19-12-8-7-9-13-19)21-22(3,4)15-16-23(21,5)6/h7-14,20H,15-17H2,1-6H3/b14-10+/t20-/m1/s1. The van der Waals surface area contributed by atoms with Crippen molar-refractivity contribution in [1.82, 2.24) is 4.23 Å². The highest BCUT2D eigenvalue weighted by Crippen LogP contribution is 2.39. The van der Waals surface area contributed by atoms with Crippen LogP contribution >= 0.6 is 0 Å². The number of hydrogen-bond donors (Lipinski definition) is 0. The van der Waals surface area contributed by atoms with Gasteiger partial charge in [-0.1, -0.05) is 80.3 Å². The summed E-state index contributed by atoms with van der Waals surface area (Å²) in [6.45, 7) is 14.6. The monoisotopic (exact) mass is 343 g/mol. The average Bonchev–Trinajstić information content (AvgIpc) is 2.67. The van der Waals surface area contributed by atoms with Crippen LogP contribution in [0.4, 0.5) is 0 Å². The normalized spacial score (nSPS) is 21.5. The van der Waals surface area contributed by atoms with Gasteiger partial charge in [-0.25, -0.2) is 0 Å². The van der Waals surface area contributed by atoms with Crippen molar-refractivity contribution in [2.75, 3.05) is 0 Å². The molecule has 126 valence electrons. The first-order valence-electron chi connectivity index (χ1n) is 8.87. The molecule has 1 aromatic carbocycles. The van der Waals surface area contributed by atoms with E-state index >= 15 is 0 Å². The Labute approximate surface area is 145 Å². The van der Waals surface area contributed by atoms with E-state index in [-0.39, 0.29) is 0 Å². The second-order valence-electron chi connectivity index (χ2n) is 8.38. The van der Waals surface area contributed by atoms with E-state index in [0.29, 0.717) is 6.04 Å². The van der Waals surface area contributed by atoms with Gasteiger partial charge in [-0.05, 0) is 37.9 Å². The maximum absolute atomic E-state index is 3.02. The van der Waals surface area contributed by atoms with E-state index in [9.17, 15) is 0 Å². The molecular weight excluding hydrogens is 310 g/mol. The van der Waals surface area contributed by atoms with E-state index in [1.54, 1.807) is 0 Å². The lowest BCUT2D eigenvalue weighted by Gasteiger charge is -2.44. The van der Waals surface area contributed by atoms with E-state index in [0.717, 1.165) is 6.42 Å². The quantitative estimate of drug-likeness (QED) is 0.479. The van der Waals surface area contributed by atoms with Crippen LogP contribution in [0.25, 0.3) is 0 Å². The van der Waals surface area contributed by atoms with E-state index < -0.39 is 16.5 Å². The smallest absolute Gasteiger partial charge is 0.115 e. The fourth-order valence-corrected chi connectivity index (χ4v) is 18.8. The lowest BCUT2D eigenvalue weighted by atomic mass is 10.1. The third-order valence-electron chi connectivity index (χ3n) is 5.04. The Hall–Kier alpha value is -0.906. The molecule has 0 unspecified atom stereocenters. The van der Waals surface area contributed by atoms with Gasteiger partial charge in [0.25, 0.3) is 0 Å². The van der Waals surface area contributed by atoms with Gasteiger partial charge >= 0.3 is 0 Å². The minimum Gasteiger partial charge on any atom is -0.339 e. The van der Waals surface area contributed by atoms with Gasteiger partial charge in [0.15, 0.2) is 0 Å². The van der Waals surface area contributed by atoms with Gasteiger partial charge in [0.1, 0.15) is 16.5 Å². The van der Waals surface area contributed by atoms with Crippen LogP contribution in [0.1, 0.15) is 19.4 Å². The second kappa shape index (κ2) is 7.33. The number of rotatable bonds is 5. The van der Waals surface area contributed by atoms with Gasteiger partial charge in [0.2, 0.25) is 0 Å². The number of benzene rings is 1. The summed E-state index contributed by atoms with van der Waals surface area (Å²) in [6.07, 6.45) is 8.14. The number of hydrogen-bond acceptors (Lipinski definition) is 1. The largest absolute Gasteiger partial charge is 0.339 e. The maximum Gasteiger partial charge on any atom is 0.115 e. The molecule has 0 saturated carbocycles. The van der Waals surface area contributed by atoms with Crippen LogP contribution in [-0.4, -0.2) is 26.7 Å². The van der Waals surface area contributed by atoms with Crippen LogP contribution in [0.3, 0.4) is 0 Å². The summed E-state index contributed by atoms with van der Waals surface area (Å²) >= 11 is 0. The fourth-order valence-electron chi connectivity index (χ4n) is 4.05. The molecule has 3 heteroatoms. The van der Waals surface area contributed by atoms with Gasteiger partial charge < -0.3 is 4.23 Å². The summed E-state index contributed by atoms with van der Waals surface area (Å²) in [7, 11) is -2.55. The highest BCUT2D eigenvalue weighted by atomic mass is 28.4. The van der Waals surface area contributed by atoms with Crippen LogP contribution in [0.5, 0.6) is 0 Å². The van der Waals surface area contributed by atoms with Crippen molar-refractivity contribution in [3.63, 3.8) is 0 Å². The molecule has 0 N–H and O–H groups in total. The van der Waals surface area contributed by atoms with Crippen LogP contribution in [-0.2, 0) is 6.42 Å². The van der Waals surface area contributed by atoms with Crippen molar-refractivity contribution in [3.05, 3.63) is 59.7 Å². The predicted octanol–water partition coefficient (Wildman–Crippen LogP) is 5.85. The summed E-state index contributed by atoms with van der Waals surface area (Å²) in [5, 5.41) is 0. The zero-order chi connectivity index (χ0) is 17.1. The van der Waals surface area contributed by atoms with Crippen LogP contribution in [0.2, 0.25) is 38.3 Å². The van der Waals surface area contributed by atoms with E-state index in [2.05, 4.69) is 92.8 Å². The molecule has 2 rings (SSSR count). The Morgan fingerprint density at radius 1 is 1.04 bits per heavy atom. The number of nitrogens with zero attached hydrogens (tertiary/aromatic N) is 1. The molecule has 1 fully saturated rings. The average molecular weight is 344 g/mol. The molecule has 1 aromatic rings.